The first kappa shape index (κ1) is 26.7. The fourth-order valence-electron chi connectivity index (χ4n) is 4.20. The van der Waals surface area contributed by atoms with Crippen molar-refractivity contribution in [2.24, 2.45) is 10.9 Å². The molecule has 5 heterocycles. The molecule has 1 fully saturated rings. The number of fused-ring (bicyclic) bond motifs is 2. The number of anilines is 2. The molecule has 0 saturated carbocycles. The molecule has 2 aliphatic heterocycles. The number of rotatable bonds is 9. The van der Waals surface area contributed by atoms with Crippen LogP contribution in [0.3, 0.4) is 0 Å². The van der Waals surface area contributed by atoms with E-state index in [1.807, 2.05) is 0 Å². The number of nitrogens with one attached hydrogen (secondary N) is 2. The van der Waals surface area contributed by atoms with Crippen molar-refractivity contribution in [3.63, 3.8) is 0 Å². The van der Waals surface area contributed by atoms with Crippen molar-refractivity contribution in [3.05, 3.63) is 41.6 Å². The standard InChI is InChI=1S/C20H18FN11O6S2/c21-7-38-28-11(14-27-20(23)40-29-14)15(33)26-12-16(34)31-13(18(35)36)8(6-39-17(12)31)4-30-5-9(25-19(22)37)32-10(30)2-1-3-24-32/h1-3,5,12,17H,4,6-7H2,(H6-,22,23,24,25,26,27,29,33,35,36,37)/p+1/b28-11-/t12-,17-/m1/s1. The predicted octanol–water partition coefficient (Wildman–Crippen LogP) is -1.37. The molecule has 3 aromatic heterocycles. The molecule has 17 nitrogen and oxygen atoms in total. The number of thioether (sulfide) groups is 1. The van der Waals surface area contributed by atoms with E-state index in [-0.39, 0.29) is 34.8 Å². The van der Waals surface area contributed by atoms with Crippen LogP contribution in [0.2, 0.25) is 0 Å². The largest absolute Gasteiger partial charge is 0.477 e. The number of nitrogens with two attached hydrogens (primary N) is 2. The number of oxime groups is 1. The maximum absolute atomic E-state index is 13.1. The first-order chi connectivity index (χ1) is 19.2. The van der Waals surface area contributed by atoms with Gasteiger partial charge < -0.3 is 26.7 Å². The van der Waals surface area contributed by atoms with Crippen LogP contribution in [0, 0.1) is 0 Å². The van der Waals surface area contributed by atoms with Crippen LogP contribution in [0.25, 0.3) is 5.65 Å². The predicted molar refractivity (Wildman–Crippen MR) is 136 cm³/mol. The zero-order valence-corrected chi connectivity index (χ0v) is 21.7. The molecule has 0 radical (unpaired) electrons. The minimum Gasteiger partial charge on any atom is -0.477 e. The molecule has 0 unspecified atom stereocenters. The maximum atomic E-state index is 13.1. The Hall–Kier alpha value is -4.85. The van der Waals surface area contributed by atoms with Gasteiger partial charge >= 0.3 is 17.6 Å². The molecule has 0 aromatic carbocycles. The molecule has 4 amide bonds. The molecule has 40 heavy (non-hydrogen) atoms. The molecule has 3 aromatic rings. The lowest BCUT2D eigenvalue weighted by Gasteiger charge is -2.49. The normalized spacial score (nSPS) is 18.8. The van der Waals surface area contributed by atoms with Crippen molar-refractivity contribution >= 4 is 69.4 Å². The number of carbonyl (C=O) groups is 4. The number of hydrogen-bond acceptors (Lipinski definition) is 12. The van der Waals surface area contributed by atoms with Crippen molar-refractivity contribution in [1.29, 1.82) is 0 Å². The van der Waals surface area contributed by atoms with E-state index in [0.29, 0.717) is 11.2 Å². The van der Waals surface area contributed by atoms with Gasteiger partial charge in [0.1, 0.15) is 23.7 Å². The Morgan fingerprint density at radius 1 is 1.38 bits per heavy atom. The van der Waals surface area contributed by atoms with Gasteiger partial charge in [-0.1, -0.05) is 14.8 Å². The molecule has 7 N–H and O–H groups in total. The first-order valence-electron chi connectivity index (χ1n) is 11.2. The van der Waals surface area contributed by atoms with Gasteiger partial charge in [0.2, 0.25) is 11.5 Å². The Labute approximate surface area is 230 Å². The number of primary amides is 1. The summed E-state index contributed by atoms with van der Waals surface area (Å²) < 4.78 is 19.5. The van der Waals surface area contributed by atoms with E-state index < -0.39 is 47.8 Å². The summed E-state index contributed by atoms with van der Waals surface area (Å²) in [5, 5.41) is 21.8. The van der Waals surface area contributed by atoms with Crippen LogP contribution >= 0.6 is 23.3 Å². The molecular weight excluding hydrogens is 573 g/mol. The van der Waals surface area contributed by atoms with E-state index in [2.05, 4.69) is 35.1 Å². The van der Waals surface area contributed by atoms with Gasteiger partial charge in [-0.2, -0.15) is 9.36 Å². The van der Waals surface area contributed by atoms with Gasteiger partial charge in [0.05, 0.1) is 6.20 Å². The minimum absolute atomic E-state index is 0.0235. The van der Waals surface area contributed by atoms with Crippen LogP contribution in [-0.2, 0) is 25.8 Å². The van der Waals surface area contributed by atoms with Gasteiger partial charge in [0, 0.05) is 28.9 Å². The van der Waals surface area contributed by atoms with Crippen molar-refractivity contribution < 1.29 is 38.1 Å². The van der Waals surface area contributed by atoms with E-state index in [1.165, 1.54) is 28.7 Å². The van der Waals surface area contributed by atoms with E-state index in [0.717, 1.165) is 16.4 Å². The van der Waals surface area contributed by atoms with Gasteiger partial charge in [-0.15, -0.1) is 11.8 Å². The van der Waals surface area contributed by atoms with Gasteiger partial charge in [-0.25, -0.2) is 18.5 Å². The molecular formula is C20H19FN11O6S2+. The Bertz CT molecular complexity index is 1600. The lowest BCUT2D eigenvalue weighted by molar-refractivity contribution is -0.662. The van der Waals surface area contributed by atoms with Crippen molar-refractivity contribution in [3.8, 4) is 0 Å². The fraction of sp³-hybridized carbons (Fsp3) is 0.250. The van der Waals surface area contributed by atoms with Crippen LogP contribution in [0.15, 0.2) is 41.0 Å². The lowest BCUT2D eigenvalue weighted by atomic mass is 10.0. The van der Waals surface area contributed by atoms with Gasteiger partial charge in [-0.3, -0.25) is 19.8 Å². The smallest absolute Gasteiger partial charge is 0.352 e. The Balaban J connectivity index is 1.39. The minimum atomic E-state index is -1.34. The summed E-state index contributed by atoms with van der Waals surface area (Å²) >= 11 is 2.00. The van der Waals surface area contributed by atoms with Crippen LogP contribution in [0.4, 0.5) is 20.1 Å². The zero-order chi connectivity index (χ0) is 28.6. The molecule has 1 saturated heterocycles. The summed E-state index contributed by atoms with van der Waals surface area (Å²) in [4.78, 5) is 59.0. The maximum Gasteiger partial charge on any atom is 0.352 e. The van der Waals surface area contributed by atoms with Crippen molar-refractivity contribution in [2.75, 3.05) is 23.7 Å². The van der Waals surface area contributed by atoms with E-state index in [9.17, 15) is 28.7 Å². The average Bonchev–Trinajstić information content (AvgIpc) is 3.50. The molecule has 20 heteroatoms. The third-order valence-electron chi connectivity index (χ3n) is 5.75. The number of carboxylic acids is 1. The third-order valence-corrected chi connectivity index (χ3v) is 7.64. The van der Waals surface area contributed by atoms with Crippen LogP contribution in [-0.4, -0.2) is 82.5 Å². The summed E-state index contributed by atoms with van der Waals surface area (Å²) in [7, 11) is 0. The molecule has 2 aliphatic rings. The number of hydrogen-bond donors (Lipinski definition) is 5. The van der Waals surface area contributed by atoms with Crippen LogP contribution < -0.4 is 26.7 Å². The van der Waals surface area contributed by atoms with Crippen LogP contribution in [0.5, 0.6) is 0 Å². The van der Waals surface area contributed by atoms with Gasteiger partial charge in [0.25, 0.3) is 24.5 Å². The number of carboxylic acid groups (broad SMARTS) is 1. The number of β-lactam (4-membered cyclic amide) rings is 1. The molecule has 208 valence electrons. The first-order valence-corrected chi connectivity index (χ1v) is 13.0. The number of amides is 4. The highest BCUT2D eigenvalue weighted by Crippen LogP contribution is 2.40. The summed E-state index contributed by atoms with van der Waals surface area (Å²) in [6.07, 6.45) is 3.04. The van der Waals surface area contributed by atoms with Gasteiger partial charge in [0.15, 0.2) is 11.3 Å². The molecule has 0 spiro atoms. The summed E-state index contributed by atoms with van der Waals surface area (Å²) in [6.45, 7) is -1.28. The lowest BCUT2D eigenvalue weighted by Crippen LogP contribution is -2.71. The second-order valence-corrected chi connectivity index (χ2v) is 10.1. The molecule has 5 rings (SSSR count). The summed E-state index contributed by atoms with van der Waals surface area (Å²) in [6, 6.07) is 1.45. The molecule has 0 aliphatic carbocycles. The summed E-state index contributed by atoms with van der Waals surface area (Å²) in [5.41, 5.74) is 11.0. The second-order valence-electron chi connectivity index (χ2n) is 8.18. The van der Waals surface area contributed by atoms with Gasteiger partial charge in [-0.05, 0) is 6.07 Å². The van der Waals surface area contributed by atoms with Crippen LogP contribution in [0.1, 0.15) is 5.82 Å². The second kappa shape index (κ2) is 10.7. The Morgan fingerprint density at radius 3 is 2.85 bits per heavy atom. The monoisotopic (exact) mass is 592 g/mol. The number of imidazole rings is 1. The SMILES string of the molecule is NC(=O)Nc1c[n+](CC2=C(C(=O)O)N3C(=O)[C@@H](NC(=O)/C(=N\OCF)c4nsc(N)n4)[C@H]3SC2)c2cccnn12. The van der Waals surface area contributed by atoms with E-state index in [1.54, 1.807) is 16.7 Å². The van der Waals surface area contributed by atoms with E-state index in [4.69, 9.17) is 11.5 Å². The quantitative estimate of drug-likeness (QED) is 0.0841. The Morgan fingerprint density at radius 2 is 2.17 bits per heavy atom. The topological polar surface area (TPSA) is 236 Å². The molecule has 0 bridgehead atoms. The summed E-state index contributed by atoms with van der Waals surface area (Å²) in [5.74, 6) is -2.72. The number of aliphatic carboxylic acids is 1. The third kappa shape index (κ3) is 4.84. The van der Waals surface area contributed by atoms with E-state index >= 15 is 0 Å². The molecule has 2 atom stereocenters. The van der Waals surface area contributed by atoms with Crippen molar-refractivity contribution in [2.45, 2.75) is 18.0 Å². The zero-order valence-electron chi connectivity index (χ0n) is 20.1. The highest BCUT2D eigenvalue weighted by Gasteiger charge is 2.54. The number of nitrogens with zero attached hydrogens (tertiary/aromatic N) is 7. The number of carbonyl (C=O) groups excluding carboxylic acids is 3. The number of aromatic nitrogens is 5. The van der Waals surface area contributed by atoms with Crippen molar-refractivity contribution in [1.82, 2.24) is 29.2 Å². The fourth-order valence-corrected chi connectivity index (χ4v) is 5.97. The highest BCUT2D eigenvalue weighted by atomic mass is 32.2. The Kier molecular flexibility index (Phi) is 7.17. The number of nitrogen functional groups attached to an aromatic ring is 1. The highest BCUT2D eigenvalue weighted by molar-refractivity contribution is 8.00. The number of halogens is 1. The number of urea groups is 1. The number of alkyl halides is 1. The average molecular weight is 593 g/mol.